The van der Waals surface area contributed by atoms with E-state index in [4.69, 9.17) is 21.8 Å². The molecule has 1 rings (SSSR count). The molecule has 0 saturated heterocycles. The van der Waals surface area contributed by atoms with Crippen LogP contribution in [0.1, 0.15) is 17.2 Å². The van der Waals surface area contributed by atoms with Crippen molar-refractivity contribution in [2.45, 2.75) is 12.3 Å². The van der Waals surface area contributed by atoms with Crippen molar-refractivity contribution < 1.29 is 28.2 Å². The summed E-state index contributed by atoms with van der Waals surface area (Å²) in [6, 6.07) is 2.38. The van der Waals surface area contributed by atoms with E-state index in [9.17, 15) is 18.0 Å². The number of alkyl halides is 3. The van der Waals surface area contributed by atoms with E-state index in [2.05, 4.69) is 0 Å². The lowest BCUT2D eigenvalue weighted by Crippen LogP contribution is -2.17. The first-order valence-electron chi connectivity index (χ1n) is 4.01. The summed E-state index contributed by atoms with van der Waals surface area (Å²) in [4.78, 5) is 10.4. The van der Waals surface area contributed by atoms with Crippen molar-refractivity contribution in [3.05, 3.63) is 34.3 Å². The van der Waals surface area contributed by atoms with Gasteiger partial charge in [0.05, 0.1) is 5.56 Å². The minimum Gasteiger partial charge on any atom is -0.479 e. The molecule has 1 unspecified atom stereocenters. The summed E-state index contributed by atoms with van der Waals surface area (Å²) >= 11 is 5.44. The minimum absolute atomic E-state index is 0.0803. The Hall–Kier alpha value is -1.27. The highest BCUT2D eigenvalue weighted by Gasteiger charge is 2.36. The molecule has 0 aliphatic heterocycles. The summed E-state index contributed by atoms with van der Waals surface area (Å²) < 4.78 is 37.4. The average Bonchev–Trinajstić information content (AvgIpc) is 2.14. The number of hydrogen-bond donors (Lipinski definition) is 2. The Labute approximate surface area is 93.1 Å². The van der Waals surface area contributed by atoms with Crippen LogP contribution in [-0.4, -0.2) is 16.2 Å². The maximum atomic E-state index is 12.5. The zero-order chi connectivity index (χ0) is 12.5. The Bertz CT molecular complexity index is 417. The fourth-order valence-electron chi connectivity index (χ4n) is 1.15. The van der Waals surface area contributed by atoms with E-state index in [1.165, 1.54) is 0 Å². The third-order valence-corrected chi connectivity index (χ3v) is 2.08. The monoisotopic (exact) mass is 254 g/mol. The second-order valence-corrected chi connectivity index (χ2v) is 3.41. The Morgan fingerprint density at radius 3 is 2.38 bits per heavy atom. The van der Waals surface area contributed by atoms with Gasteiger partial charge in [-0.2, -0.15) is 13.2 Å². The van der Waals surface area contributed by atoms with Crippen molar-refractivity contribution in [1.82, 2.24) is 0 Å². The van der Waals surface area contributed by atoms with E-state index in [0.29, 0.717) is 6.07 Å². The first-order chi connectivity index (χ1) is 7.23. The first kappa shape index (κ1) is 12.8. The van der Waals surface area contributed by atoms with Gasteiger partial charge in [0.2, 0.25) is 0 Å². The molecule has 0 aliphatic rings. The van der Waals surface area contributed by atoms with Crippen molar-refractivity contribution in [3.63, 3.8) is 0 Å². The van der Waals surface area contributed by atoms with E-state index in [1.807, 2.05) is 0 Å². The van der Waals surface area contributed by atoms with Crippen LogP contribution in [0.3, 0.4) is 0 Å². The van der Waals surface area contributed by atoms with E-state index >= 15 is 0 Å². The second kappa shape index (κ2) is 4.31. The van der Waals surface area contributed by atoms with Crippen molar-refractivity contribution in [2.24, 2.45) is 0 Å². The van der Waals surface area contributed by atoms with Gasteiger partial charge in [0.1, 0.15) is 0 Å². The van der Waals surface area contributed by atoms with E-state index in [1.54, 1.807) is 0 Å². The molecule has 0 aliphatic carbocycles. The predicted molar refractivity (Wildman–Crippen MR) is 49.0 cm³/mol. The molecule has 0 fully saturated rings. The third-order valence-electron chi connectivity index (χ3n) is 1.85. The van der Waals surface area contributed by atoms with Crippen LogP contribution in [0.5, 0.6) is 0 Å². The number of aliphatic hydroxyl groups is 1. The van der Waals surface area contributed by atoms with Gasteiger partial charge in [-0.25, -0.2) is 4.79 Å². The topological polar surface area (TPSA) is 57.5 Å². The van der Waals surface area contributed by atoms with Crippen LogP contribution in [0, 0.1) is 0 Å². The standard InChI is InChI=1S/C9H6ClF3O3/c10-4-1-2-6(9(11,12)13)5(3-4)7(14)8(15)16/h1-3,7,14H,(H,15,16). The summed E-state index contributed by atoms with van der Waals surface area (Å²) in [6.45, 7) is 0. The molecule has 0 bridgehead atoms. The molecule has 16 heavy (non-hydrogen) atoms. The molecule has 7 heteroatoms. The highest BCUT2D eigenvalue weighted by molar-refractivity contribution is 6.30. The molecule has 1 aromatic carbocycles. The van der Waals surface area contributed by atoms with Gasteiger partial charge in [0, 0.05) is 10.6 Å². The number of aliphatic hydroxyl groups excluding tert-OH is 1. The number of carbonyl (C=O) groups is 1. The van der Waals surface area contributed by atoms with Gasteiger partial charge in [-0.3, -0.25) is 0 Å². The van der Waals surface area contributed by atoms with Gasteiger partial charge < -0.3 is 10.2 Å². The van der Waals surface area contributed by atoms with Gasteiger partial charge in [0.25, 0.3) is 0 Å². The summed E-state index contributed by atoms with van der Waals surface area (Å²) in [5, 5.41) is 17.5. The summed E-state index contributed by atoms with van der Waals surface area (Å²) in [7, 11) is 0. The maximum Gasteiger partial charge on any atom is 0.416 e. The Morgan fingerprint density at radius 2 is 1.94 bits per heavy atom. The van der Waals surface area contributed by atoms with E-state index in [-0.39, 0.29) is 5.02 Å². The minimum atomic E-state index is -4.74. The van der Waals surface area contributed by atoms with Crippen LogP contribution in [-0.2, 0) is 11.0 Å². The molecule has 3 nitrogen and oxygen atoms in total. The number of rotatable bonds is 2. The van der Waals surface area contributed by atoms with Crippen molar-refractivity contribution in [1.29, 1.82) is 0 Å². The van der Waals surface area contributed by atoms with Crippen LogP contribution < -0.4 is 0 Å². The fourth-order valence-corrected chi connectivity index (χ4v) is 1.33. The maximum absolute atomic E-state index is 12.5. The molecule has 0 heterocycles. The predicted octanol–water partition coefficient (Wildman–Crippen LogP) is 2.48. The van der Waals surface area contributed by atoms with Crippen LogP contribution in [0.4, 0.5) is 13.2 Å². The van der Waals surface area contributed by atoms with Crippen LogP contribution >= 0.6 is 11.6 Å². The Morgan fingerprint density at radius 1 is 1.38 bits per heavy atom. The molecule has 0 saturated carbocycles. The third kappa shape index (κ3) is 2.65. The average molecular weight is 255 g/mol. The summed E-state index contributed by atoms with van der Waals surface area (Å²) in [5.74, 6) is -1.77. The van der Waals surface area contributed by atoms with Gasteiger partial charge in [-0.15, -0.1) is 0 Å². The number of benzene rings is 1. The zero-order valence-corrected chi connectivity index (χ0v) is 8.38. The molecule has 0 spiro atoms. The first-order valence-corrected chi connectivity index (χ1v) is 4.39. The van der Waals surface area contributed by atoms with Gasteiger partial charge in [-0.1, -0.05) is 11.6 Å². The number of carboxylic acids is 1. The van der Waals surface area contributed by atoms with Crippen molar-refractivity contribution in [2.75, 3.05) is 0 Å². The highest BCUT2D eigenvalue weighted by Crippen LogP contribution is 2.36. The molecule has 2 N–H and O–H groups in total. The number of aliphatic carboxylic acids is 1. The quantitative estimate of drug-likeness (QED) is 0.852. The molecule has 1 atom stereocenters. The van der Waals surface area contributed by atoms with Crippen molar-refractivity contribution in [3.8, 4) is 0 Å². The van der Waals surface area contributed by atoms with Gasteiger partial charge in [-0.05, 0) is 18.2 Å². The SMILES string of the molecule is O=C(O)C(O)c1cc(Cl)ccc1C(F)(F)F. The lowest BCUT2D eigenvalue weighted by atomic mass is 10.0. The second-order valence-electron chi connectivity index (χ2n) is 2.97. The lowest BCUT2D eigenvalue weighted by Gasteiger charge is -2.15. The molecule has 0 aromatic heterocycles. The Kier molecular flexibility index (Phi) is 3.44. The smallest absolute Gasteiger partial charge is 0.416 e. The highest BCUT2D eigenvalue weighted by atomic mass is 35.5. The molecular weight excluding hydrogens is 249 g/mol. The number of halogens is 4. The van der Waals surface area contributed by atoms with E-state index < -0.39 is 29.4 Å². The molecule has 1 aromatic rings. The van der Waals surface area contributed by atoms with Crippen LogP contribution in [0.25, 0.3) is 0 Å². The largest absolute Gasteiger partial charge is 0.479 e. The van der Waals surface area contributed by atoms with Gasteiger partial charge >= 0.3 is 12.1 Å². The number of hydrogen-bond acceptors (Lipinski definition) is 2. The van der Waals surface area contributed by atoms with Gasteiger partial charge in [0.15, 0.2) is 6.10 Å². The molecular formula is C9H6ClF3O3. The Balaban J connectivity index is 3.35. The van der Waals surface area contributed by atoms with Crippen LogP contribution in [0.2, 0.25) is 5.02 Å². The lowest BCUT2D eigenvalue weighted by molar-refractivity contribution is -0.149. The van der Waals surface area contributed by atoms with E-state index in [0.717, 1.165) is 12.1 Å². The zero-order valence-electron chi connectivity index (χ0n) is 7.62. The molecule has 88 valence electrons. The fraction of sp³-hybridized carbons (Fsp3) is 0.222. The number of carboxylic acid groups (broad SMARTS) is 1. The normalized spacial score (nSPS) is 13.6. The summed E-state index contributed by atoms with van der Waals surface area (Å²) in [6.07, 6.45) is -6.99. The van der Waals surface area contributed by atoms with Crippen LogP contribution in [0.15, 0.2) is 18.2 Å². The molecule has 0 radical (unpaired) electrons. The van der Waals surface area contributed by atoms with Crippen molar-refractivity contribution >= 4 is 17.6 Å². The summed E-state index contributed by atoms with van der Waals surface area (Å²) in [5.41, 5.74) is -1.99. The molecule has 0 amide bonds.